The molecule has 4 N–H and O–H groups in total. The van der Waals surface area contributed by atoms with Crippen LogP contribution < -0.4 is 15.8 Å². The summed E-state index contributed by atoms with van der Waals surface area (Å²) in [5.74, 6) is 1.53. The summed E-state index contributed by atoms with van der Waals surface area (Å²) in [6, 6.07) is 2.18. The average Bonchev–Trinajstić information content (AvgIpc) is 3.23. The summed E-state index contributed by atoms with van der Waals surface area (Å²) in [5.41, 5.74) is 9.43. The van der Waals surface area contributed by atoms with Crippen molar-refractivity contribution in [3.63, 3.8) is 0 Å². The van der Waals surface area contributed by atoms with E-state index in [0.29, 0.717) is 30.0 Å². The van der Waals surface area contributed by atoms with E-state index in [4.69, 9.17) is 10.5 Å². The number of ether oxygens (including phenoxy) is 1. The first-order valence-corrected chi connectivity index (χ1v) is 12.3. The van der Waals surface area contributed by atoms with Crippen molar-refractivity contribution in [2.75, 3.05) is 58.0 Å². The van der Waals surface area contributed by atoms with E-state index in [9.17, 15) is 5.11 Å². The molecule has 1 fully saturated rings. The average molecular weight is 484 g/mol. The van der Waals surface area contributed by atoms with Crippen LogP contribution in [0.5, 0.6) is 5.75 Å². The maximum atomic E-state index is 9.49. The van der Waals surface area contributed by atoms with Gasteiger partial charge in [-0.25, -0.2) is 4.98 Å². The number of hydrogen-bond donors (Lipinski definition) is 3. The number of nitrogen functional groups attached to an aromatic ring is 1. The van der Waals surface area contributed by atoms with Gasteiger partial charge in [-0.3, -0.25) is 14.6 Å². The van der Waals surface area contributed by atoms with Gasteiger partial charge in [0.25, 0.3) is 0 Å². The number of nitrogens with one attached hydrogen (secondary N) is 1. The SMILES string of the molecule is CCC[C@@H](CCO)Nc1nc(N)nc2cnn(Cc3cc(CN4CCN(C)CC4)ncc3OC)c12. The molecule has 11 nitrogen and oxygen atoms in total. The van der Waals surface area contributed by atoms with E-state index >= 15 is 0 Å². The van der Waals surface area contributed by atoms with E-state index in [2.05, 4.69) is 55.2 Å². The number of hydrogen-bond acceptors (Lipinski definition) is 10. The monoisotopic (exact) mass is 483 g/mol. The predicted octanol–water partition coefficient (Wildman–Crippen LogP) is 1.57. The highest BCUT2D eigenvalue weighted by molar-refractivity contribution is 5.86. The molecule has 0 spiro atoms. The predicted molar refractivity (Wildman–Crippen MR) is 136 cm³/mol. The Balaban J connectivity index is 1.62. The van der Waals surface area contributed by atoms with Gasteiger partial charge in [0.2, 0.25) is 5.95 Å². The number of aliphatic hydroxyl groups is 1. The van der Waals surface area contributed by atoms with Crippen molar-refractivity contribution in [3.8, 4) is 5.75 Å². The number of rotatable bonds is 11. The highest BCUT2D eigenvalue weighted by Gasteiger charge is 2.19. The highest BCUT2D eigenvalue weighted by Crippen LogP contribution is 2.26. The van der Waals surface area contributed by atoms with Crippen molar-refractivity contribution in [2.45, 2.75) is 45.3 Å². The summed E-state index contributed by atoms with van der Waals surface area (Å²) in [6.45, 7) is 7.70. The number of anilines is 2. The topological polar surface area (TPSA) is 130 Å². The van der Waals surface area contributed by atoms with Crippen molar-refractivity contribution < 1.29 is 9.84 Å². The molecule has 0 unspecified atom stereocenters. The van der Waals surface area contributed by atoms with Gasteiger partial charge in [0.1, 0.15) is 16.8 Å². The maximum Gasteiger partial charge on any atom is 0.222 e. The van der Waals surface area contributed by atoms with Gasteiger partial charge in [-0.05, 0) is 26.0 Å². The molecule has 0 aliphatic carbocycles. The summed E-state index contributed by atoms with van der Waals surface area (Å²) < 4.78 is 7.50. The largest absolute Gasteiger partial charge is 0.495 e. The fourth-order valence-electron chi connectivity index (χ4n) is 4.55. The lowest BCUT2D eigenvalue weighted by atomic mass is 10.1. The maximum absolute atomic E-state index is 9.49. The molecule has 4 heterocycles. The first kappa shape index (κ1) is 25.1. The number of aliphatic hydroxyl groups excluding tert-OH is 1. The molecule has 1 atom stereocenters. The third kappa shape index (κ3) is 6.16. The first-order chi connectivity index (χ1) is 17.0. The molecule has 35 heavy (non-hydrogen) atoms. The zero-order valence-corrected chi connectivity index (χ0v) is 20.9. The Labute approximate surface area is 206 Å². The molecule has 3 aromatic rings. The van der Waals surface area contributed by atoms with Crippen molar-refractivity contribution in [2.24, 2.45) is 0 Å². The second kappa shape index (κ2) is 11.6. The van der Waals surface area contributed by atoms with Crippen LogP contribution in [0.3, 0.4) is 0 Å². The van der Waals surface area contributed by atoms with Crippen LogP contribution in [0.1, 0.15) is 37.4 Å². The second-order valence-electron chi connectivity index (χ2n) is 9.18. The molecule has 1 saturated heterocycles. The van der Waals surface area contributed by atoms with Crippen molar-refractivity contribution >= 4 is 22.8 Å². The van der Waals surface area contributed by atoms with E-state index in [-0.39, 0.29) is 18.6 Å². The Bertz CT molecular complexity index is 1110. The van der Waals surface area contributed by atoms with Crippen LogP contribution in [-0.4, -0.2) is 92.6 Å². The summed E-state index contributed by atoms with van der Waals surface area (Å²) in [6.07, 6.45) is 6.02. The lowest BCUT2D eigenvalue weighted by molar-refractivity contribution is 0.147. The molecule has 0 bridgehead atoms. The Hall–Kier alpha value is -3.02. The molecule has 1 aliphatic rings. The van der Waals surface area contributed by atoms with Crippen LogP contribution in [0.25, 0.3) is 11.0 Å². The minimum Gasteiger partial charge on any atom is -0.495 e. The van der Waals surface area contributed by atoms with E-state index < -0.39 is 0 Å². The number of aromatic nitrogens is 5. The van der Waals surface area contributed by atoms with Gasteiger partial charge < -0.3 is 25.8 Å². The fourth-order valence-corrected chi connectivity index (χ4v) is 4.55. The Kier molecular flexibility index (Phi) is 8.32. The Morgan fingerprint density at radius 2 is 1.94 bits per heavy atom. The minimum atomic E-state index is 0.0801. The third-order valence-electron chi connectivity index (χ3n) is 6.49. The summed E-state index contributed by atoms with van der Waals surface area (Å²) in [7, 11) is 3.81. The number of pyridine rings is 1. The molecule has 190 valence electrons. The van der Waals surface area contributed by atoms with E-state index in [1.165, 1.54) is 0 Å². The number of methoxy groups -OCH3 is 1. The van der Waals surface area contributed by atoms with Crippen molar-refractivity contribution in [3.05, 3.63) is 29.7 Å². The van der Waals surface area contributed by atoms with Crippen LogP contribution in [0.15, 0.2) is 18.5 Å². The number of nitrogens with zero attached hydrogens (tertiary/aromatic N) is 7. The van der Waals surface area contributed by atoms with Crippen LogP contribution >= 0.6 is 0 Å². The van der Waals surface area contributed by atoms with Crippen molar-refractivity contribution in [1.82, 2.24) is 34.5 Å². The fraction of sp³-hybridized carbons (Fsp3) is 0.583. The molecule has 3 aromatic heterocycles. The third-order valence-corrected chi connectivity index (χ3v) is 6.49. The molecule has 1 aliphatic heterocycles. The number of likely N-dealkylation sites (N-methyl/N-ethyl adjacent to an activating group) is 1. The molecule has 0 amide bonds. The van der Waals surface area contributed by atoms with Crippen LogP contribution in [0.4, 0.5) is 11.8 Å². The van der Waals surface area contributed by atoms with Crippen LogP contribution in [-0.2, 0) is 13.1 Å². The number of nitrogens with two attached hydrogens (primary N) is 1. The normalized spacial score (nSPS) is 16.0. The lowest BCUT2D eigenvalue weighted by Gasteiger charge is -2.32. The van der Waals surface area contributed by atoms with Gasteiger partial charge in [0.15, 0.2) is 5.82 Å². The Morgan fingerprint density at radius 3 is 2.66 bits per heavy atom. The zero-order chi connectivity index (χ0) is 24.8. The van der Waals surface area contributed by atoms with Crippen LogP contribution in [0.2, 0.25) is 0 Å². The Morgan fingerprint density at radius 1 is 1.14 bits per heavy atom. The summed E-state index contributed by atoms with van der Waals surface area (Å²) in [4.78, 5) is 18.3. The van der Waals surface area contributed by atoms with Crippen LogP contribution in [0, 0.1) is 0 Å². The molecule has 11 heteroatoms. The minimum absolute atomic E-state index is 0.0801. The standard InChI is InChI=1S/C24H37N9O2/c1-4-5-18(6-11-34)28-23-22-20(29-24(25)30-23)13-27-33(22)15-17-12-19(26-14-21(17)35-3)16-32-9-7-31(2)8-10-32/h12-14,18,34H,4-11,15-16H2,1-3H3,(H3,25,28,29,30)/t18-/m0/s1. The number of fused-ring (bicyclic) bond motifs is 1. The smallest absolute Gasteiger partial charge is 0.222 e. The van der Waals surface area contributed by atoms with E-state index in [1.807, 2.05) is 4.68 Å². The van der Waals surface area contributed by atoms with Gasteiger partial charge in [-0.1, -0.05) is 13.3 Å². The van der Waals surface area contributed by atoms with Gasteiger partial charge in [-0.2, -0.15) is 10.1 Å². The van der Waals surface area contributed by atoms with E-state index in [1.54, 1.807) is 19.5 Å². The van der Waals surface area contributed by atoms with Gasteiger partial charge >= 0.3 is 0 Å². The van der Waals surface area contributed by atoms with Crippen molar-refractivity contribution in [1.29, 1.82) is 0 Å². The number of piperazine rings is 1. The van der Waals surface area contributed by atoms with Gasteiger partial charge in [0, 0.05) is 50.9 Å². The molecule has 0 aromatic carbocycles. The summed E-state index contributed by atoms with van der Waals surface area (Å²) >= 11 is 0. The first-order valence-electron chi connectivity index (χ1n) is 12.3. The summed E-state index contributed by atoms with van der Waals surface area (Å²) in [5, 5.41) is 17.6. The lowest BCUT2D eigenvalue weighted by Crippen LogP contribution is -2.44. The quantitative estimate of drug-likeness (QED) is 0.369. The van der Waals surface area contributed by atoms with Gasteiger partial charge in [-0.15, -0.1) is 0 Å². The molecular formula is C24H37N9O2. The zero-order valence-electron chi connectivity index (χ0n) is 20.9. The molecule has 0 radical (unpaired) electrons. The second-order valence-corrected chi connectivity index (χ2v) is 9.18. The van der Waals surface area contributed by atoms with Gasteiger partial charge in [0.05, 0.1) is 31.7 Å². The van der Waals surface area contributed by atoms with E-state index in [0.717, 1.165) is 62.3 Å². The molecule has 0 saturated carbocycles. The molecule has 4 rings (SSSR count). The molecular weight excluding hydrogens is 446 g/mol. The highest BCUT2D eigenvalue weighted by atomic mass is 16.5.